The van der Waals surface area contributed by atoms with Crippen LogP contribution in [0.4, 0.5) is 0 Å². The molecule has 4 rings (SSSR count). The molecule has 0 saturated heterocycles. The Morgan fingerprint density at radius 2 is 2.08 bits per heavy atom. The second kappa shape index (κ2) is 6.32. The number of hydrogen-bond donors (Lipinski definition) is 0. The molecule has 132 valence electrons. The molecular formula is C21H26N2O2. The fourth-order valence-corrected chi connectivity index (χ4v) is 4.61. The number of rotatable bonds is 4. The number of pyridine rings is 1. The van der Waals surface area contributed by atoms with Crippen LogP contribution in [-0.4, -0.2) is 29.9 Å². The van der Waals surface area contributed by atoms with Crippen LogP contribution in [0.25, 0.3) is 10.9 Å². The molecule has 2 saturated carbocycles. The molecule has 1 heterocycles. The number of benzene rings is 1. The number of fused-ring (bicyclic) bond motifs is 1. The van der Waals surface area contributed by atoms with Crippen molar-refractivity contribution in [3.8, 4) is 5.75 Å². The number of hydrogen-bond acceptors (Lipinski definition) is 3. The van der Waals surface area contributed by atoms with Crippen molar-refractivity contribution in [2.45, 2.75) is 45.1 Å². The Bertz CT molecular complexity index is 796. The summed E-state index contributed by atoms with van der Waals surface area (Å²) in [5.41, 5.74) is 2.32. The molecule has 0 radical (unpaired) electrons. The molecule has 2 aliphatic carbocycles. The standard InChI is InChI=1S/C21H26N2O2/c1-23(20(24)17-13-21(17)10-4-3-5-11-21)14-15-8-9-18(25-2)19-16(15)7-6-12-22-19/h6-9,12,17H,3-5,10-11,13-14H2,1-2H3. The molecule has 1 unspecified atom stereocenters. The summed E-state index contributed by atoms with van der Waals surface area (Å²) in [6, 6.07) is 7.99. The van der Waals surface area contributed by atoms with Gasteiger partial charge in [-0.3, -0.25) is 9.78 Å². The van der Waals surface area contributed by atoms with Gasteiger partial charge in [-0.05, 0) is 42.4 Å². The van der Waals surface area contributed by atoms with Crippen LogP contribution in [0.5, 0.6) is 5.75 Å². The van der Waals surface area contributed by atoms with Gasteiger partial charge >= 0.3 is 0 Å². The molecule has 1 spiro atoms. The second-order valence-electron chi connectivity index (χ2n) is 7.70. The van der Waals surface area contributed by atoms with Crippen molar-refractivity contribution in [1.29, 1.82) is 0 Å². The van der Waals surface area contributed by atoms with Crippen molar-refractivity contribution in [2.24, 2.45) is 11.3 Å². The monoisotopic (exact) mass is 338 g/mol. The van der Waals surface area contributed by atoms with Crippen molar-refractivity contribution in [3.63, 3.8) is 0 Å². The third-order valence-electron chi connectivity index (χ3n) is 6.16. The van der Waals surface area contributed by atoms with Crippen LogP contribution in [0.2, 0.25) is 0 Å². The number of nitrogens with zero attached hydrogens (tertiary/aromatic N) is 2. The molecule has 0 aliphatic heterocycles. The Labute approximate surface area is 149 Å². The summed E-state index contributed by atoms with van der Waals surface area (Å²) in [6.45, 7) is 0.623. The first-order valence-electron chi connectivity index (χ1n) is 9.30. The van der Waals surface area contributed by atoms with Crippen molar-refractivity contribution in [3.05, 3.63) is 36.0 Å². The molecule has 2 aromatic rings. The highest BCUT2D eigenvalue weighted by molar-refractivity contribution is 5.88. The highest BCUT2D eigenvalue weighted by atomic mass is 16.5. The molecule has 25 heavy (non-hydrogen) atoms. The van der Waals surface area contributed by atoms with E-state index in [9.17, 15) is 4.79 Å². The quantitative estimate of drug-likeness (QED) is 0.840. The molecule has 2 fully saturated rings. The largest absolute Gasteiger partial charge is 0.494 e. The van der Waals surface area contributed by atoms with E-state index in [-0.39, 0.29) is 5.92 Å². The Kier molecular flexibility index (Phi) is 4.14. The van der Waals surface area contributed by atoms with Crippen LogP contribution in [-0.2, 0) is 11.3 Å². The minimum atomic E-state index is 0.250. The fraction of sp³-hybridized carbons (Fsp3) is 0.524. The van der Waals surface area contributed by atoms with E-state index in [1.54, 1.807) is 13.3 Å². The first kappa shape index (κ1) is 16.4. The SMILES string of the molecule is COc1ccc(CN(C)C(=O)C2CC23CCCCC3)c2cccnc12. The molecule has 4 nitrogen and oxygen atoms in total. The molecular weight excluding hydrogens is 312 g/mol. The summed E-state index contributed by atoms with van der Waals surface area (Å²) in [5, 5.41) is 1.06. The number of carbonyl (C=O) groups is 1. The van der Waals surface area contributed by atoms with Gasteiger partial charge in [-0.1, -0.05) is 31.4 Å². The van der Waals surface area contributed by atoms with Crippen LogP contribution in [0.1, 0.15) is 44.1 Å². The van der Waals surface area contributed by atoms with Crippen molar-refractivity contribution in [2.75, 3.05) is 14.2 Å². The van der Waals surface area contributed by atoms with Gasteiger partial charge in [0.05, 0.1) is 7.11 Å². The van der Waals surface area contributed by atoms with E-state index in [2.05, 4.69) is 17.1 Å². The maximum atomic E-state index is 12.9. The molecule has 1 aromatic heterocycles. The van der Waals surface area contributed by atoms with E-state index in [4.69, 9.17) is 4.74 Å². The normalized spacial score (nSPS) is 21.3. The van der Waals surface area contributed by atoms with Gasteiger partial charge in [0.1, 0.15) is 11.3 Å². The Balaban J connectivity index is 1.52. The van der Waals surface area contributed by atoms with Crippen molar-refractivity contribution in [1.82, 2.24) is 9.88 Å². The van der Waals surface area contributed by atoms with E-state index in [1.165, 1.54) is 32.1 Å². The van der Waals surface area contributed by atoms with Gasteiger partial charge in [0.15, 0.2) is 0 Å². The maximum Gasteiger partial charge on any atom is 0.226 e. The first-order chi connectivity index (χ1) is 12.1. The lowest BCUT2D eigenvalue weighted by molar-refractivity contribution is -0.132. The molecule has 0 bridgehead atoms. The Morgan fingerprint density at radius 3 is 2.84 bits per heavy atom. The van der Waals surface area contributed by atoms with Gasteiger partial charge < -0.3 is 9.64 Å². The van der Waals surface area contributed by atoms with E-state index in [0.29, 0.717) is 17.9 Å². The predicted molar refractivity (Wildman–Crippen MR) is 98.4 cm³/mol. The van der Waals surface area contributed by atoms with Crippen LogP contribution >= 0.6 is 0 Å². The average Bonchev–Trinajstić information content (AvgIpc) is 3.34. The molecule has 4 heteroatoms. The zero-order chi connectivity index (χ0) is 17.4. The van der Waals surface area contributed by atoms with Crippen LogP contribution in [0, 0.1) is 11.3 Å². The second-order valence-corrected chi connectivity index (χ2v) is 7.70. The minimum Gasteiger partial charge on any atom is -0.494 e. The van der Waals surface area contributed by atoms with E-state index >= 15 is 0 Å². The van der Waals surface area contributed by atoms with Gasteiger partial charge in [0.25, 0.3) is 0 Å². The maximum absolute atomic E-state index is 12.9. The smallest absolute Gasteiger partial charge is 0.226 e. The number of methoxy groups -OCH3 is 1. The number of aromatic nitrogens is 1. The van der Waals surface area contributed by atoms with Gasteiger partial charge in [0, 0.05) is 31.1 Å². The summed E-state index contributed by atoms with van der Waals surface area (Å²) >= 11 is 0. The average molecular weight is 338 g/mol. The highest BCUT2D eigenvalue weighted by Crippen LogP contribution is 2.61. The van der Waals surface area contributed by atoms with Crippen molar-refractivity contribution >= 4 is 16.8 Å². The lowest BCUT2D eigenvalue weighted by Crippen LogP contribution is -2.30. The number of carbonyl (C=O) groups excluding carboxylic acids is 1. The van der Waals surface area contributed by atoms with Crippen LogP contribution < -0.4 is 4.74 Å². The van der Waals surface area contributed by atoms with E-state index in [0.717, 1.165) is 28.6 Å². The van der Waals surface area contributed by atoms with E-state index in [1.807, 2.05) is 24.1 Å². The molecule has 0 N–H and O–H groups in total. The lowest BCUT2D eigenvalue weighted by atomic mass is 9.84. The minimum absolute atomic E-state index is 0.250. The third-order valence-corrected chi connectivity index (χ3v) is 6.16. The van der Waals surface area contributed by atoms with Gasteiger partial charge in [-0.2, -0.15) is 0 Å². The molecule has 1 atom stereocenters. The summed E-state index contributed by atoms with van der Waals surface area (Å²) in [4.78, 5) is 19.3. The lowest BCUT2D eigenvalue weighted by Gasteiger charge is -2.24. The summed E-state index contributed by atoms with van der Waals surface area (Å²) in [5.74, 6) is 1.34. The third kappa shape index (κ3) is 2.88. The molecule has 2 aliphatic rings. The van der Waals surface area contributed by atoms with Gasteiger partial charge in [0.2, 0.25) is 5.91 Å². The number of ether oxygens (including phenoxy) is 1. The van der Waals surface area contributed by atoms with Crippen LogP contribution in [0.15, 0.2) is 30.5 Å². The van der Waals surface area contributed by atoms with Crippen molar-refractivity contribution < 1.29 is 9.53 Å². The molecule has 1 aromatic carbocycles. The first-order valence-corrected chi connectivity index (χ1v) is 9.30. The fourth-order valence-electron chi connectivity index (χ4n) is 4.61. The zero-order valence-electron chi connectivity index (χ0n) is 15.1. The number of amides is 1. The van der Waals surface area contributed by atoms with Crippen LogP contribution in [0.3, 0.4) is 0 Å². The Morgan fingerprint density at radius 1 is 1.28 bits per heavy atom. The molecule has 1 amide bonds. The van der Waals surface area contributed by atoms with Gasteiger partial charge in [-0.15, -0.1) is 0 Å². The summed E-state index contributed by atoms with van der Waals surface area (Å²) < 4.78 is 5.42. The predicted octanol–water partition coefficient (Wildman–Crippen LogP) is 4.17. The Hall–Kier alpha value is -2.10. The summed E-state index contributed by atoms with van der Waals surface area (Å²) in [7, 11) is 3.60. The highest BCUT2D eigenvalue weighted by Gasteiger charge is 2.58. The topological polar surface area (TPSA) is 42.4 Å². The van der Waals surface area contributed by atoms with E-state index < -0.39 is 0 Å². The zero-order valence-corrected chi connectivity index (χ0v) is 15.1. The summed E-state index contributed by atoms with van der Waals surface area (Å²) in [6.07, 6.45) is 9.29. The van der Waals surface area contributed by atoms with Gasteiger partial charge in [-0.25, -0.2) is 0 Å².